The zero-order valence-corrected chi connectivity index (χ0v) is 13.8. The largest absolute Gasteiger partial charge is 0.237 e. The summed E-state index contributed by atoms with van der Waals surface area (Å²) >= 11 is 18.4. The molecule has 0 aliphatic heterocycles. The quantitative estimate of drug-likeness (QED) is 0.696. The first kappa shape index (κ1) is 15.6. The lowest BCUT2D eigenvalue weighted by Crippen LogP contribution is -2.15. The summed E-state index contributed by atoms with van der Waals surface area (Å²) in [7, 11) is 0. The minimum Gasteiger partial charge on any atom is -0.237 e. The fourth-order valence-corrected chi connectivity index (χ4v) is 2.52. The van der Waals surface area contributed by atoms with Gasteiger partial charge >= 0.3 is 0 Å². The Morgan fingerprint density at radius 2 is 1.60 bits per heavy atom. The van der Waals surface area contributed by atoms with Crippen molar-refractivity contribution in [3.8, 4) is 0 Å². The van der Waals surface area contributed by atoms with E-state index in [1.165, 1.54) is 0 Å². The van der Waals surface area contributed by atoms with Gasteiger partial charge in [-0.1, -0.05) is 61.6 Å². The van der Waals surface area contributed by atoms with Crippen LogP contribution in [0.15, 0.2) is 24.3 Å². The molecule has 0 unspecified atom stereocenters. The summed E-state index contributed by atoms with van der Waals surface area (Å²) in [5.74, 6) is 0.623. The van der Waals surface area contributed by atoms with Crippen LogP contribution in [0.5, 0.6) is 0 Å². The molecule has 0 radical (unpaired) electrons. The molecule has 0 aliphatic rings. The number of hydrogen-bond acceptors (Lipinski definition) is 2. The van der Waals surface area contributed by atoms with Crippen LogP contribution in [-0.4, -0.2) is 9.97 Å². The van der Waals surface area contributed by atoms with Gasteiger partial charge in [0.1, 0.15) is 11.0 Å². The average molecular weight is 330 g/mol. The molecule has 0 atom stereocenters. The van der Waals surface area contributed by atoms with Gasteiger partial charge in [-0.25, -0.2) is 9.97 Å². The Kier molecular flexibility index (Phi) is 4.58. The van der Waals surface area contributed by atoms with E-state index in [9.17, 15) is 0 Å². The van der Waals surface area contributed by atoms with Gasteiger partial charge in [-0.05, 0) is 23.8 Å². The number of hydrogen-bond donors (Lipinski definition) is 0. The molecule has 0 fully saturated rings. The van der Waals surface area contributed by atoms with Crippen molar-refractivity contribution in [3.63, 3.8) is 0 Å². The fraction of sp³-hybridized carbons (Fsp3) is 0.333. The van der Waals surface area contributed by atoms with Crippen LogP contribution in [0.25, 0.3) is 0 Å². The molecule has 1 aromatic carbocycles. The van der Waals surface area contributed by atoms with Crippen LogP contribution in [0.4, 0.5) is 0 Å². The summed E-state index contributed by atoms with van der Waals surface area (Å²) in [5.41, 5.74) is 1.62. The van der Waals surface area contributed by atoms with Crippen LogP contribution < -0.4 is 0 Å². The van der Waals surface area contributed by atoms with Gasteiger partial charge in [-0.15, -0.1) is 0 Å². The van der Waals surface area contributed by atoms with Gasteiger partial charge in [-0.2, -0.15) is 0 Å². The van der Waals surface area contributed by atoms with Crippen LogP contribution in [0.3, 0.4) is 0 Å². The second-order valence-electron chi connectivity index (χ2n) is 5.62. The predicted octanol–water partition coefficient (Wildman–Crippen LogP) is 5.33. The lowest BCUT2D eigenvalue weighted by molar-refractivity contribution is 0.563. The van der Waals surface area contributed by atoms with E-state index in [1.54, 1.807) is 18.2 Å². The van der Waals surface area contributed by atoms with Gasteiger partial charge in [0.2, 0.25) is 0 Å². The molecule has 1 heterocycles. The molecule has 0 spiro atoms. The molecular weight excluding hydrogens is 315 g/mol. The summed E-state index contributed by atoms with van der Waals surface area (Å²) in [6.45, 7) is 6.24. The first-order chi connectivity index (χ1) is 9.27. The van der Waals surface area contributed by atoms with Gasteiger partial charge in [0.15, 0.2) is 0 Å². The number of halogens is 3. The number of aromatic nitrogens is 2. The summed E-state index contributed by atoms with van der Waals surface area (Å²) in [6.07, 6.45) is 0.460. The highest BCUT2D eigenvalue weighted by molar-refractivity contribution is 6.36. The molecule has 5 heteroatoms. The van der Waals surface area contributed by atoms with E-state index in [2.05, 4.69) is 30.7 Å². The minimum atomic E-state index is -0.0917. The molecule has 0 aliphatic carbocycles. The van der Waals surface area contributed by atoms with Crippen molar-refractivity contribution in [2.24, 2.45) is 0 Å². The monoisotopic (exact) mass is 328 g/mol. The minimum absolute atomic E-state index is 0.0917. The van der Waals surface area contributed by atoms with Crippen LogP contribution in [0.2, 0.25) is 15.2 Å². The highest BCUT2D eigenvalue weighted by atomic mass is 35.5. The first-order valence-corrected chi connectivity index (χ1v) is 7.37. The molecule has 0 N–H and O–H groups in total. The van der Waals surface area contributed by atoms with E-state index < -0.39 is 0 Å². The normalized spacial score (nSPS) is 11.7. The molecule has 2 rings (SSSR count). The Hall–Kier alpha value is -0.830. The molecule has 106 valence electrons. The topological polar surface area (TPSA) is 25.8 Å². The molecule has 1 aromatic heterocycles. The van der Waals surface area contributed by atoms with E-state index in [0.29, 0.717) is 27.4 Å². The van der Waals surface area contributed by atoms with Crippen molar-refractivity contribution >= 4 is 34.8 Å². The third-order valence-corrected chi connectivity index (χ3v) is 3.81. The molecule has 20 heavy (non-hydrogen) atoms. The third-order valence-electron chi connectivity index (χ3n) is 2.91. The van der Waals surface area contributed by atoms with Crippen LogP contribution in [0.1, 0.15) is 37.9 Å². The first-order valence-electron chi connectivity index (χ1n) is 6.24. The van der Waals surface area contributed by atoms with Crippen LogP contribution in [-0.2, 0) is 11.8 Å². The molecule has 0 amide bonds. The van der Waals surface area contributed by atoms with Gasteiger partial charge < -0.3 is 0 Å². The van der Waals surface area contributed by atoms with Crippen molar-refractivity contribution in [2.45, 2.75) is 32.6 Å². The van der Waals surface area contributed by atoms with Crippen molar-refractivity contribution in [3.05, 3.63) is 56.5 Å². The maximum Gasteiger partial charge on any atom is 0.134 e. The third kappa shape index (κ3) is 3.63. The SMILES string of the molecule is CC(C)(C)c1cc(Cl)nc(Cc2c(Cl)cccc2Cl)n1. The lowest BCUT2D eigenvalue weighted by Gasteiger charge is -2.18. The van der Waals surface area contributed by atoms with Crippen molar-refractivity contribution < 1.29 is 0 Å². The summed E-state index contributed by atoms with van der Waals surface area (Å²) in [6, 6.07) is 7.21. The highest BCUT2D eigenvalue weighted by Gasteiger charge is 2.18. The molecule has 0 bridgehead atoms. The van der Waals surface area contributed by atoms with Crippen LogP contribution in [0, 0.1) is 0 Å². The maximum atomic E-state index is 6.18. The van der Waals surface area contributed by atoms with Gasteiger partial charge in [0.05, 0.1) is 5.69 Å². The maximum absolute atomic E-state index is 6.18. The molecule has 0 saturated carbocycles. The Balaban J connectivity index is 2.42. The Bertz CT molecular complexity index is 613. The van der Waals surface area contributed by atoms with Crippen molar-refractivity contribution in [1.82, 2.24) is 9.97 Å². The molecule has 2 aromatic rings. The fourth-order valence-electron chi connectivity index (χ4n) is 1.79. The van der Waals surface area contributed by atoms with Crippen molar-refractivity contribution in [1.29, 1.82) is 0 Å². The van der Waals surface area contributed by atoms with Gasteiger partial charge in [-0.3, -0.25) is 0 Å². The van der Waals surface area contributed by atoms with E-state index >= 15 is 0 Å². The number of benzene rings is 1. The predicted molar refractivity (Wildman–Crippen MR) is 85.0 cm³/mol. The second kappa shape index (κ2) is 5.88. The molecule has 0 saturated heterocycles. The van der Waals surface area contributed by atoms with E-state index in [-0.39, 0.29) is 5.41 Å². The standard InChI is InChI=1S/C15H15Cl3N2/c1-15(2,3)12-8-13(18)20-14(19-12)7-9-10(16)5-4-6-11(9)17/h4-6,8H,7H2,1-3H3. The summed E-state index contributed by atoms with van der Waals surface area (Å²) in [5, 5.41) is 1.65. The van der Waals surface area contributed by atoms with Gasteiger partial charge in [0, 0.05) is 21.9 Å². The number of rotatable bonds is 2. The Morgan fingerprint density at radius 1 is 1.00 bits per heavy atom. The number of nitrogens with zero attached hydrogens (tertiary/aromatic N) is 2. The van der Waals surface area contributed by atoms with Gasteiger partial charge in [0.25, 0.3) is 0 Å². The average Bonchev–Trinajstić information content (AvgIpc) is 2.32. The van der Waals surface area contributed by atoms with Crippen LogP contribution >= 0.6 is 34.8 Å². The van der Waals surface area contributed by atoms with Crippen molar-refractivity contribution in [2.75, 3.05) is 0 Å². The summed E-state index contributed by atoms with van der Waals surface area (Å²) < 4.78 is 0. The second-order valence-corrected chi connectivity index (χ2v) is 6.82. The Labute approximate surface area is 134 Å². The van der Waals surface area contributed by atoms with E-state index in [4.69, 9.17) is 34.8 Å². The van der Waals surface area contributed by atoms with E-state index in [0.717, 1.165) is 11.3 Å². The zero-order valence-electron chi connectivity index (χ0n) is 11.5. The lowest BCUT2D eigenvalue weighted by atomic mass is 9.92. The van der Waals surface area contributed by atoms with E-state index in [1.807, 2.05) is 6.07 Å². The highest BCUT2D eigenvalue weighted by Crippen LogP contribution is 2.28. The molecule has 2 nitrogen and oxygen atoms in total. The Morgan fingerprint density at radius 3 is 2.15 bits per heavy atom. The summed E-state index contributed by atoms with van der Waals surface area (Å²) in [4.78, 5) is 8.83. The molecular formula is C15H15Cl3N2. The smallest absolute Gasteiger partial charge is 0.134 e. The zero-order chi connectivity index (χ0) is 14.9.